The Kier molecular flexibility index (Phi) is 5.13. The van der Waals surface area contributed by atoms with E-state index in [2.05, 4.69) is 34.1 Å². The van der Waals surface area contributed by atoms with Crippen molar-refractivity contribution in [3.63, 3.8) is 0 Å². The Labute approximate surface area is 125 Å². The molecule has 2 rings (SSSR count). The third-order valence-electron chi connectivity index (χ3n) is 2.46. The van der Waals surface area contributed by atoms with E-state index in [1.54, 1.807) is 11.8 Å². The highest BCUT2D eigenvalue weighted by Crippen LogP contribution is 2.33. The molecule has 0 amide bonds. The molecule has 0 fully saturated rings. The van der Waals surface area contributed by atoms with Gasteiger partial charge in [0.2, 0.25) is 0 Å². The maximum atomic E-state index is 6.02. The smallest absolute Gasteiger partial charge is 0.0409 e. The zero-order valence-electron chi connectivity index (χ0n) is 9.70. The molecule has 2 aromatic carbocycles. The van der Waals surface area contributed by atoms with Crippen LogP contribution >= 0.6 is 39.3 Å². The number of hydrogen-bond donors (Lipinski definition) is 1. The Balaban J connectivity index is 2.28. The number of halogens is 2. The SMILES string of the molecule is NCCc1cc(Cl)ccc1Sc1cccc(Br)c1. The fourth-order valence-electron chi connectivity index (χ4n) is 1.66. The van der Waals surface area contributed by atoms with Crippen molar-refractivity contribution in [1.82, 2.24) is 0 Å². The monoisotopic (exact) mass is 341 g/mol. The summed E-state index contributed by atoms with van der Waals surface area (Å²) in [4.78, 5) is 2.41. The van der Waals surface area contributed by atoms with Gasteiger partial charge in [0.15, 0.2) is 0 Å². The molecule has 0 saturated heterocycles. The molecule has 0 saturated carbocycles. The fraction of sp³-hybridized carbons (Fsp3) is 0.143. The molecule has 0 spiro atoms. The highest BCUT2D eigenvalue weighted by molar-refractivity contribution is 9.10. The number of nitrogens with two attached hydrogens (primary N) is 1. The molecule has 0 aliphatic heterocycles. The largest absolute Gasteiger partial charge is 0.330 e. The summed E-state index contributed by atoms with van der Waals surface area (Å²) in [5.41, 5.74) is 6.84. The Morgan fingerprint density at radius 3 is 2.72 bits per heavy atom. The van der Waals surface area contributed by atoms with Crippen LogP contribution in [0.1, 0.15) is 5.56 Å². The van der Waals surface area contributed by atoms with Gasteiger partial charge in [-0.3, -0.25) is 0 Å². The molecule has 4 heteroatoms. The highest BCUT2D eigenvalue weighted by atomic mass is 79.9. The Morgan fingerprint density at radius 1 is 1.17 bits per heavy atom. The zero-order chi connectivity index (χ0) is 13.0. The summed E-state index contributed by atoms with van der Waals surface area (Å²) < 4.78 is 1.09. The quantitative estimate of drug-likeness (QED) is 0.867. The molecule has 0 aromatic heterocycles. The molecule has 0 atom stereocenters. The predicted molar refractivity (Wildman–Crippen MR) is 82.5 cm³/mol. The van der Waals surface area contributed by atoms with E-state index in [-0.39, 0.29) is 0 Å². The lowest BCUT2D eigenvalue weighted by Crippen LogP contribution is -2.03. The van der Waals surface area contributed by atoms with E-state index in [1.807, 2.05) is 24.3 Å². The first kappa shape index (κ1) is 13.9. The average Bonchev–Trinajstić information content (AvgIpc) is 2.33. The van der Waals surface area contributed by atoms with Crippen molar-refractivity contribution >= 4 is 39.3 Å². The zero-order valence-corrected chi connectivity index (χ0v) is 12.9. The number of benzene rings is 2. The van der Waals surface area contributed by atoms with Crippen LogP contribution in [0.25, 0.3) is 0 Å². The van der Waals surface area contributed by atoms with E-state index in [9.17, 15) is 0 Å². The summed E-state index contributed by atoms with van der Waals surface area (Å²) in [7, 11) is 0. The van der Waals surface area contributed by atoms with E-state index < -0.39 is 0 Å². The van der Waals surface area contributed by atoms with Crippen LogP contribution in [0.5, 0.6) is 0 Å². The molecule has 0 bridgehead atoms. The van der Waals surface area contributed by atoms with Crippen molar-refractivity contribution in [2.24, 2.45) is 5.73 Å². The molecular formula is C14H13BrClNS. The first-order chi connectivity index (χ1) is 8.69. The minimum Gasteiger partial charge on any atom is -0.330 e. The Bertz CT molecular complexity index is 545. The van der Waals surface area contributed by atoms with Crippen molar-refractivity contribution in [2.45, 2.75) is 16.2 Å². The maximum absolute atomic E-state index is 6.02. The standard InChI is InChI=1S/C14H13BrClNS/c15-11-2-1-3-13(9-11)18-14-5-4-12(16)8-10(14)6-7-17/h1-5,8-9H,6-7,17H2. The van der Waals surface area contributed by atoms with Crippen molar-refractivity contribution < 1.29 is 0 Å². The molecule has 1 nitrogen and oxygen atoms in total. The second kappa shape index (κ2) is 6.62. The van der Waals surface area contributed by atoms with Crippen LogP contribution < -0.4 is 5.73 Å². The van der Waals surface area contributed by atoms with E-state index >= 15 is 0 Å². The van der Waals surface area contributed by atoms with Crippen molar-refractivity contribution in [2.75, 3.05) is 6.54 Å². The molecular weight excluding hydrogens is 330 g/mol. The van der Waals surface area contributed by atoms with Gasteiger partial charge in [0, 0.05) is 19.3 Å². The van der Waals surface area contributed by atoms with Gasteiger partial charge in [-0.15, -0.1) is 0 Å². The first-order valence-corrected chi connectivity index (χ1v) is 7.59. The molecule has 0 aliphatic rings. The van der Waals surface area contributed by atoms with Gasteiger partial charge in [-0.05, 0) is 54.9 Å². The van der Waals surface area contributed by atoms with Crippen molar-refractivity contribution in [3.8, 4) is 0 Å². The topological polar surface area (TPSA) is 26.0 Å². The molecule has 0 radical (unpaired) electrons. The summed E-state index contributed by atoms with van der Waals surface area (Å²) >= 11 is 11.2. The highest BCUT2D eigenvalue weighted by Gasteiger charge is 2.05. The third-order valence-corrected chi connectivity index (χ3v) is 4.30. The van der Waals surface area contributed by atoms with Crippen LogP contribution in [0.4, 0.5) is 0 Å². The summed E-state index contributed by atoms with van der Waals surface area (Å²) in [6.07, 6.45) is 0.844. The average molecular weight is 343 g/mol. The van der Waals surface area contributed by atoms with Gasteiger partial charge in [-0.2, -0.15) is 0 Å². The summed E-state index contributed by atoms with van der Waals surface area (Å²) in [5, 5.41) is 0.761. The van der Waals surface area contributed by atoms with Gasteiger partial charge in [-0.1, -0.05) is 45.4 Å². The fourth-order valence-corrected chi connectivity index (χ4v) is 3.42. The molecule has 0 unspecified atom stereocenters. The maximum Gasteiger partial charge on any atom is 0.0409 e. The van der Waals surface area contributed by atoms with E-state index in [4.69, 9.17) is 17.3 Å². The first-order valence-electron chi connectivity index (χ1n) is 5.61. The minimum absolute atomic E-state index is 0.631. The normalized spacial score (nSPS) is 10.6. The van der Waals surface area contributed by atoms with E-state index in [1.165, 1.54) is 15.4 Å². The lowest BCUT2D eigenvalue weighted by molar-refractivity contribution is 0.944. The lowest BCUT2D eigenvalue weighted by atomic mass is 10.1. The molecule has 2 N–H and O–H groups in total. The van der Waals surface area contributed by atoms with Crippen LogP contribution in [0.3, 0.4) is 0 Å². The number of rotatable bonds is 4. The van der Waals surface area contributed by atoms with Crippen LogP contribution in [0, 0.1) is 0 Å². The molecule has 2 aromatic rings. The van der Waals surface area contributed by atoms with Gasteiger partial charge in [0.05, 0.1) is 0 Å². The number of hydrogen-bond acceptors (Lipinski definition) is 2. The van der Waals surface area contributed by atoms with Crippen molar-refractivity contribution in [3.05, 3.63) is 57.5 Å². The Hall–Kier alpha value is -0.480. The van der Waals surface area contributed by atoms with Gasteiger partial charge in [-0.25, -0.2) is 0 Å². The summed E-state index contributed by atoms with van der Waals surface area (Å²) in [6, 6.07) is 14.2. The van der Waals surface area contributed by atoms with E-state index in [0.717, 1.165) is 15.9 Å². The van der Waals surface area contributed by atoms with Crippen LogP contribution in [0.2, 0.25) is 5.02 Å². The molecule has 0 aliphatic carbocycles. The summed E-state index contributed by atoms with van der Waals surface area (Å²) in [5.74, 6) is 0. The molecule has 0 heterocycles. The van der Waals surface area contributed by atoms with E-state index in [0.29, 0.717) is 6.54 Å². The Morgan fingerprint density at radius 2 is 2.00 bits per heavy atom. The summed E-state index contributed by atoms with van der Waals surface area (Å²) in [6.45, 7) is 0.631. The van der Waals surface area contributed by atoms with Gasteiger partial charge in [0.25, 0.3) is 0 Å². The van der Waals surface area contributed by atoms with Gasteiger partial charge in [0.1, 0.15) is 0 Å². The third kappa shape index (κ3) is 3.75. The molecule has 94 valence electrons. The second-order valence-corrected chi connectivity index (χ2v) is 6.32. The predicted octanol–water partition coefficient (Wildman–Crippen LogP) is 4.75. The minimum atomic E-state index is 0.631. The van der Waals surface area contributed by atoms with Gasteiger partial charge >= 0.3 is 0 Å². The lowest BCUT2D eigenvalue weighted by Gasteiger charge is -2.09. The van der Waals surface area contributed by atoms with Crippen LogP contribution in [-0.4, -0.2) is 6.54 Å². The van der Waals surface area contributed by atoms with Crippen LogP contribution in [-0.2, 0) is 6.42 Å². The second-order valence-electron chi connectivity index (χ2n) is 3.85. The van der Waals surface area contributed by atoms with Crippen LogP contribution in [0.15, 0.2) is 56.7 Å². The molecule has 18 heavy (non-hydrogen) atoms. The van der Waals surface area contributed by atoms with Crippen molar-refractivity contribution in [1.29, 1.82) is 0 Å². The van der Waals surface area contributed by atoms with Gasteiger partial charge < -0.3 is 5.73 Å².